The van der Waals surface area contributed by atoms with Gasteiger partial charge in [-0.3, -0.25) is 14.4 Å². The summed E-state index contributed by atoms with van der Waals surface area (Å²) < 4.78 is 0. The van der Waals surface area contributed by atoms with E-state index in [1.165, 1.54) is 116 Å². The van der Waals surface area contributed by atoms with Crippen molar-refractivity contribution in [2.45, 2.75) is 292 Å². The topological polar surface area (TPSA) is 173 Å². The number of aliphatic hydroxyl groups is 3. The zero-order chi connectivity index (χ0) is 58.3. The molecule has 0 radical (unpaired) electrons. The Morgan fingerprint density at radius 3 is 1.65 bits per heavy atom. The molecular formula is C72H114O9. The van der Waals surface area contributed by atoms with Crippen molar-refractivity contribution >= 4 is 17.9 Å². The van der Waals surface area contributed by atoms with Crippen LogP contribution >= 0.6 is 0 Å². The van der Waals surface area contributed by atoms with Crippen LogP contribution in [0.15, 0.2) is 34.4 Å². The van der Waals surface area contributed by atoms with E-state index in [1.54, 1.807) is 5.57 Å². The van der Waals surface area contributed by atoms with Gasteiger partial charge in [0.2, 0.25) is 0 Å². The zero-order valence-electron chi connectivity index (χ0n) is 52.4. The lowest BCUT2D eigenvalue weighted by molar-refractivity contribution is -0.300. The van der Waals surface area contributed by atoms with Crippen molar-refractivity contribution in [3.8, 4) is 0 Å². The molecule has 12 rings (SSSR count). The van der Waals surface area contributed by atoms with Crippen LogP contribution in [0.1, 0.15) is 274 Å². The van der Waals surface area contributed by atoms with Gasteiger partial charge in [-0.25, -0.2) is 0 Å². The van der Waals surface area contributed by atoms with Crippen LogP contribution in [0.3, 0.4) is 0 Å². The second-order valence-electron chi connectivity index (χ2n) is 32.2. The molecule has 0 aromatic heterocycles. The highest BCUT2D eigenvalue weighted by atomic mass is 16.4. The lowest BCUT2D eigenvalue weighted by atomic mass is 9.41. The first-order valence-corrected chi connectivity index (χ1v) is 34.1. The molecule has 0 aliphatic heterocycles. The van der Waals surface area contributed by atoms with Crippen LogP contribution in [0.2, 0.25) is 0 Å². The van der Waals surface area contributed by atoms with Crippen LogP contribution in [-0.4, -0.2) is 65.9 Å². The van der Waals surface area contributed by atoms with Crippen molar-refractivity contribution < 1.29 is 45.0 Å². The molecule has 0 amide bonds. The number of fused-ring (bicyclic) bond motifs is 13. The van der Waals surface area contributed by atoms with Gasteiger partial charge in [-0.2, -0.15) is 0 Å². The SMILES string of the molecule is CC(CCC(=O)O)[C@H]1CCC2=C3CC[C@@H]4CCC=C[C@]4(C)C3CC[C@@]21C.CC(CCC(=O)O)[C@H]1CCC2=C3CC[C@@H]4CCCC[C@]4(C)C3CC[C@@]21C.CC(CCC(=O)O)[C@H]1CC[C@]2(O)[C@]3(O)CC[C@@H]4CC[C@@H](O)C[C@]4(C)C3CC[C@]12C. The van der Waals surface area contributed by atoms with Gasteiger partial charge >= 0.3 is 17.9 Å². The minimum atomic E-state index is -1.12. The highest BCUT2D eigenvalue weighted by molar-refractivity contribution is 5.67. The summed E-state index contributed by atoms with van der Waals surface area (Å²) in [6.07, 6.45) is 39.8. The molecule has 12 aliphatic carbocycles. The summed E-state index contributed by atoms with van der Waals surface area (Å²) in [5, 5.41) is 62.0. The zero-order valence-corrected chi connectivity index (χ0v) is 52.4. The predicted octanol–water partition coefficient (Wildman–Crippen LogP) is 16.7. The van der Waals surface area contributed by atoms with Crippen molar-refractivity contribution in [3.05, 3.63) is 34.4 Å². The standard InChI is InChI=1S/C24H40O5.C24H38O2.C24H36O2/c1-15(4-7-20(26)27)18-9-13-24(29)22(18,3)11-10-19-21(2)14-17(25)6-5-16(21)8-12-23(19,24)28;2*1-16(7-12-22(25)26)19-10-11-20-18-9-8-17-6-4-5-14-23(17,2)21(18)13-15-24(19,20)3/h15-19,25,28-29H,4-14H2,1-3H3,(H,26,27);16-17,19,21H,4-15H2,1-3H3,(H,25,26);5,14,16-17,19,21H,4,6-13,15H2,1-3H3,(H,25,26)/t15?,16-,17+,18+,19?,21-,22+,23-,24+;2*16?,17-,19+,21?,23-,24+/m000/s1. The molecule has 12 aliphatic rings. The number of hydrogen-bond donors (Lipinski definition) is 6. The van der Waals surface area contributed by atoms with Crippen LogP contribution < -0.4 is 0 Å². The Bertz CT molecular complexity index is 2440. The quantitative estimate of drug-likeness (QED) is 0.104. The van der Waals surface area contributed by atoms with E-state index < -0.39 is 29.1 Å². The first-order valence-electron chi connectivity index (χ1n) is 34.1. The Balaban J connectivity index is 0.000000137. The molecule has 6 N–H and O–H groups in total. The molecule has 9 heteroatoms. The van der Waals surface area contributed by atoms with Gasteiger partial charge in [-0.1, -0.05) is 110 Å². The van der Waals surface area contributed by atoms with E-state index in [1.807, 2.05) is 16.7 Å². The van der Waals surface area contributed by atoms with E-state index in [2.05, 4.69) is 74.5 Å². The Morgan fingerprint density at radius 1 is 0.519 bits per heavy atom. The summed E-state index contributed by atoms with van der Waals surface area (Å²) in [4.78, 5) is 33.1. The lowest BCUT2D eigenvalue weighted by Gasteiger charge is -2.67. The van der Waals surface area contributed by atoms with Crippen molar-refractivity contribution in [2.75, 3.05) is 0 Å². The van der Waals surface area contributed by atoms with Crippen molar-refractivity contribution in [1.29, 1.82) is 0 Å². The Kier molecular flexibility index (Phi) is 17.5. The third-order valence-corrected chi connectivity index (χ3v) is 29.0. The summed E-state index contributed by atoms with van der Waals surface area (Å²) in [5.74, 6) is 4.88. The largest absolute Gasteiger partial charge is 0.481 e. The van der Waals surface area contributed by atoms with Gasteiger partial charge in [0, 0.05) is 24.7 Å². The van der Waals surface area contributed by atoms with Crippen molar-refractivity contribution in [2.24, 2.45) is 104 Å². The highest BCUT2D eigenvalue weighted by Gasteiger charge is 2.74. The Hall–Kier alpha value is -2.49. The van der Waals surface area contributed by atoms with E-state index in [0.29, 0.717) is 83.4 Å². The average Bonchev–Trinajstić information content (AvgIpc) is 3.97. The summed E-state index contributed by atoms with van der Waals surface area (Å²) in [7, 11) is 0. The van der Waals surface area contributed by atoms with Gasteiger partial charge in [0.1, 0.15) is 0 Å². The maximum atomic E-state index is 12.2. The first kappa shape index (κ1) is 61.6. The Labute approximate surface area is 490 Å². The van der Waals surface area contributed by atoms with E-state index in [0.717, 1.165) is 81.5 Å². The molecule has 0 bridgehead atoms. The molecule has 9 nitrogen and oxygen atoms in total. The number of rotatable bonds is 12. The van der Waals surface area contributed by atoms with Crippen LogP contribution in [-0.2, 0) is 14.4 Å². The number of allylic oxidation sites excluding steroid dienone is 6. The molecule has 456 valence electrons. The molecule has 0 aromatic carbocycles. The fraction of sp³-hybridized carbons (Fsp3) is 0.875. The third kappa shape index (κ3) is 10.4. The number of carboxylic acid groups (broad SMARTS) is 3. The molecule has 9 fully saturated rings. The normalized spacial score (nSPS) is 46.6. The average molecular weight is 1120 g/mol. The molecule has 0 heterocycles. The van der Waals surface area contributed by atoms with Gasteiger partial charge < -0.3 is 30.6 Å². The fourth-order valence-corrected chi connectivity index (χ4v) is 24.5. The van der Waals surface area contributed by atoms with Gasteiger partial charge in [-0.05, 0) is 278 Å². The Morgan fingerprint density at radius 2 is 1.06 bits per heavy atom. The van der Waals surface area contributed by atoms with Crippen LogP contribution in [0.25, 0.3) is 0 Å². The van der Waals surface area contributed by atoms with E-state index >= 15 is 0 Å². The lowest BCUT2D eigenvalue weighted by Crippen LogP contribution is -2.73. The predicted molar refractivity (Wildman–Crippen MR) is 322 cm³/mol. The van der Waals surface area contributed by atoms with Crippen LogP contribution in [0.5, 0.6) is 0 Å². The monoisotopic (exact) mass is 1120 g/mol. The second kappa shape index (κ2) is 23.0. The molecule has 0 aromatic rings. The highest BCUT2D eigenvalue weighted by Crippen LogP contribution is 2.72. The first-order chi connectivity index (χ1) is 38.2. The molecule has 21 atom stereocenters. The van der Waals surface area contributed by atoms with E-state index in [-0.39, 0.29) is 41.1 Å². The van der Waals surface area contributed by atoms with Gasteiger partial charge in [0.15, 0.2) is 0 Å². The van der Waals surface area contributed by atoms with Crippen LogP contribution in [0, 0.1) is 104 Å². The molecule has 9 saturated carbocycles. The molecule has 0 saturated heterocycles. The van der Waals surface area contributed by atoms with Gasteiger partial charge in [0.25, 0.3) is 0 Å². The second-order valence-corrected chi connectivity index (χ2v) is 32.2. The molecule has 0 spiro atoms. The smallest absolute Gasteiger partial charge is 0.303 e. The van der Waals surface area contributed by atoms with Gasteiger partial charge in [-0.15, -0.1) is 0 Å². The molecular weight excluding hydrogens is 1010 g/mol. The van der Waals surface area contributed by atoms with E-state index in [4.69, 9.17) is 15.3 Å². The van der Waals surface area contributed by atoms with E-state index in [9.17, 15) is 29.7 Å². The summed E-state index contributed by atoms with van der Waals surface area (Å²) in [5.41, 5.74) is 6.30. The molecule has 6 unspecified atom stereocenters. The number of carboxylic acids is 3. The summed E-state index contributed by atoms with van der Waals surface area (Å²) >= 11 is 0. The summed E-state index contributed by atoms with van der Waals surface area (Å²) in [6.45, 7) is 21.4. The maximum Gasteiger partial charge on any atom is 0.303 e. The minimum Gasteiger partial charge on any atom is -0.481 e. The third-order valence-electron chi connectivity index (χ3n) is 29.0. The molecule has 81 heavy (non-hydrogen) atoms. The number of aliphatic hydroxyl groups excluding tert-OH is 1. The van der Waals surface area contributed by atoms with Gasteiger partial charge in [0.05, 0.1) is 17.3 Å². The fourth-order valence-electron chi connectivity index (χ4n) is 24.5. The maximum absolute atomic E-state index is 12.2. The van der Waals surface area contributed by atoms with Crippen molar-refractivity contribution in [1.82, 2.24) is 0 Å². The number of aliphatic carboxylic acids is 3. The number of hydrogen-bond acceptors (Lipinski definition) is 6. The van der Waals surface area contributed by atoms with Crippen LogP contribution in [0.4, 0.5) is 0 Å². The van der Waals surface area contributed by atoms with Crippen molar-refractivity contribution in [3.63, 3.8) is 0 Å². The number of carbonyl (C=O) groups is 3. The minimum absolute atomic E-state index is 0.0230. The summed E-state index contributed by atoms with van der Waals surface area (Å²) in [6, 6.07) is 0.